The summed E-state index contributed by atoms with van der Waals surface area (Å²) in [5.41, 5.74) is 2.82. The van der Waals surface area contributed by atoms with Gasteiger partial charge in [0.1, 0.15) is 0 Å². The number of hydrogen-bond donors (Lipinski definition) is 1. The van der Waals surface area contributed by atoms with E-state index in [-0.39, 0.29) is 5.91 Å². The van der Waals surface area contributed by atoms with Gasteiger partial charge in [-0.2, -0.15) is 0 Å². The molecule has 3 nitrogen and oxygen atoms in total. The lowest BCUT2D eigenvalue weighted by atomic mass is 10.2. The first-order valence-electron chi connectivity index (χ1n) is 7.47. The first-order chi connectivity index (χ1) is 9.81. The summed E-state index contributed by atoms with van der Waals surface area (Å²) in [6.45, 7) is 2.92. The van der Waals surface area contributed by atoms with E-state index in [9.17, 15) is 4.79 Å². The Morgan fingerprint density at radius 1 is 1.25 bits per heavy atom. The van der Waals surface area contributed by atoms with Crippen molar-refractivity contribution in [2.75, 3.05) is 29.9 Å². The molecule has 1 aliphatic heterocycles. The van der Waals surface area contributed by atoms with Gasteiger partial charge in [0.05, 0.1) is 0 Å². The summed E-state index contributed by atoms with van der Waals surface area (Å²) in [5, 5.41) is 3.99. The molecular weight excluding hydrogens is 316 g/mol. The summed E-state index contributed by atoms with van der Waals surface area (Å²) in [7, 11) is 0. The number of fused-ring (bicyclic) bond motifs is 1. The van der Waals surface area contributed by atoms with E-state index in [1.54, 1.807) is 0 Å². The summed E-state index contributed by atoms with van der Waals surface area (Å²) < 4.78 is 0. The number of nitrogens with one attached hydrogen (secondary N) is 1. The number of carbonyl (C=O) groups excluding carboxylic acids is 1. The number of amides is 1. The van der Waals surface area contributed by atoms with Crippen LogP contribution in [-0.4, -0.2) is 30.9 Å². The van der Waals surface area contributed by atoms with E-state index in [2.05, 4.69) is 50.4 Å². The fraction of sp³-hybridized carbons (Fsp3) is 0.562. The number of carbonyl (C=O) groups is 1. The van der Waals surface area contributed by atoms with Gasteiger partial charge in [-0.25, -0.2) is 0 Å². The van der Waals surface area contributed by atoms with Crippen LogP contribution in [0.4, 0.5) is 5.69 Å². The number of alkyl halides is 1. The average Bonchev–Trinajstić information content (AvgIpc) is 2.87. The molecule has 0 radical (unpaired) electrons. The van der Waals surface area contributed by atoms with Crippen LogP contribution in [0, 0.1) is 0 Å². The number of unbranched alkanes of at least 4 members (excludes halogenated alkanes) is 1. The number of halogens is 1. The lowest BCUT2D eigenvalue weighted by Crippen LogP contribution is -2.29. The highest BCUT2D eigenvalue weighted by molar-refractivity contribution is 9.09. The van der Waals surface area contributed by atoms with E-state index >= 15 is 0 Å². The summed E-state index contributed by atoms with van der Waals surface area (Å²) in [4.78, 5) is 14.0. The Morgan fingerprint density at radius 2 is 2.10 bits per heavy atom. The van der Waals surface area contributed by atoms with Crippen molar-refractivity contribution in [3.05, 3.63) is 29.8 Å². The van der Waals surface area contributed by atoms with Gasteiger partial charge >= 0.3 is 0 Å². The Balaban J connectivity index is 1.61. The average molecular weight is 339 g/mol. The molecule has 1 aromatic rings. The van der Waals surface area contributed by atoms with E-state index in [1.165, 1.54) is 11.3 Å². The van der Waals surface area contributed by atoms with Crippen LogP contribution in [0.25, 0.3) is 0 Å². The zero-order valence-electron chi connectivity index (χ0n) is 11.9. The topological polar surface area (TPSA) is 32.3 Å². The van der Waals surface area contributed by atoms with Crippen molar-refractivity contribution in [3.8, 4) is 0 Å². The van der Waals surface area contributed by atoms with E-state index < -0.39 is 0 Å². The number of anilines is 1. The molecule has 20 heavy (non-hydrogen) atoms. The summed E-state index contributed by atoms with van der Waals surface area (Å²) in [6.07, 6.45) is 4.85. The fourth-order valence-corrected chi connectivity index (χ4v) is 3.00. The monoisotopic (exact) mass is 338 g/mol. The number of rotatable bonds is 8. The van der Waals surface area contributed by atoms with Crippen LogP contribution in [0.2, 0.25) is 0 Å². The van der Waals surface area contributed by atoms with Crippen LogP contribution < -0.4 is 10.2 Å². The van der Waals surface area contributed by atoms with Crippen LogP contribution >= 0.6 is 15.9 Å². The van der Waals surface area contributed by atoms with E-state index in [0.717, 1.165) is 50.6 Å². The van der Waals surface area contributed by atoms with Crippen molar-refractivity contribution in [3.63, 3.8) is 0 Å². The van der Waals surface area contributed by atoms with Crippen LogP contribution in [0.1, 0.15) is 31.2 Å². The van der Waals surface area contributed by atoms with Crippen molar-refractivity contribution in [2.45, 2.75) is 32.1 Å². The second-order valence-electron chi connectivity index (χ2n) is 5.22. The van der Waals surface area contributed by atoms with Gasteiger partial charge in [-0.15, -0.1) is 0 Å². The largest absolute Gasteiger partial charge is 0.371 e. The standard InChI is InChI=1S/C16H23BrN2O/c17-10-4-3-8-16(20)18-11-5-12-19-13-9-14-6-1-2-7-15(14)19/h1-2,6-7H,3-5,8-13H2,(H,18,20). The quantitative estimate of drug-likeness (QED) is 0.583. The molecule has 0 aromatic heterocycles. The maximum Gasteiger partial charge on any atom is 0.219 e. The maximum absolute atomic E-state index is 11.6. The molecule has 0 bridgehead atoms. The van der Waals surface area contributed by atoms with Gasteiger partial charge in [0.2, 0.25) is 5.91 Å². The third-order valence-electron chi connectivity index (χ3n) is 3.70. The minimum Gasteiger partial charge on any atom is -0.371 e. The first-order valence-corrected chi connectivity index (χ1v) is 8.59. The van der Waals surface area contributed by atoms with Gasteiger partial charge in [0, 0.05) is 37.1 Å². The first kappa shape index (κ1) is 15.4. The third-order valence-corrected chi connectivity index (χ3v) is 4.26. The van der Waals surface area contributed by atoms with Crippen LogP contribution in [-0.2, 0) is 11.2 Å². The number of para-hydroxylation sites is 1. The van der Waals surface area contributed by atoms with Gasteiger partial charge in [0.25, 0.3) is 0 Å². The molecule has 1 aliphatic rings. The smallest absolute Gasteiger partial charge is 0.219 e. The molecule has 0 fully saturated rings. The van der Waals surface area contributed by atoms with Gasteiger partial charge in [0.15, 0.2) is 0 Å². The SMILES string of the molecule is O=C(CCCCBr)NCCCN1CCc2ccccc21. The molecule has 1 N–H and O–H groups in total. The molecule has 1 heterocycles. The molecule has 0 aliphatic carbocycles. The molecular formula is C16H23BrN2O. The van der Waals surface area contributed by atoms with E-state index in [1.807, 2.05) is 0 Å². The van der Waals surface area contributed by atoms with Crippen molar-refractivity contribution in [1.82, 2.24) is 5.32 Å². The van der Waals surface area contributed by atoms with Crippen LogP contribution in [0.15, 0.2) is 24.3 Å². The molecule has 0 saturated carbocycles. The Morgan fingerprint density at radius 3 is 2.95 bits per heavy atom. The zero-order chi connectivity index (χ0) is 14.2. The molecule has 1 aromatic carbocycles. The Labute approximate surface area is 129 Å². The van der Waals surface area contributed by atoms with Crippen LogP contribution in [0.5, 0.6) is 0 Å². The van der Waals surface area contributed by atoms with Gasteiger partial charge in [-0.05, 0) is 37.3 Å². The Hall–Kier alpha value is -1.03. The molecule has 110 valence electrons. The Bertz CT molecular complexity index is 436. The molecule has 0 unspecified atom stereocenters. The molecule has 2 rings (SSSR count). The van der Waals surface area contributed by atoms with Gasteiger partial charge in [-0.3, -0.25) is 4.79 Å². The predicted molar refractivity (Wildman–Crippen MR) is 87.6 cm³/mol. The maximum atomic E-state index is 11.6. The molecule has 0 spiro atoms. The van der Waals surface area contributed by atoms with Gasteiger partial charge in [-0.1, -0.05) is 34.1 Å². The molecule has 0 atom stereocenters. The molecule has 4 heteroatoms. The molecule has 1 amide bonds. The highest BCUT2D eigenvalue weighted by Gasteiger charge is 2.17. The van der Waals surface area contributed by atoms with Crippen molar-refractivity contribution < 1.29 is 4.79 Å². The highest BCUT2D eigenvalue weighted by atomic mass is 79.9. The molecule has 0 saturated heterocycles. The van der Waals surface area contributed by atoms with Gasteiger partial charge < -0.3 is 10.2 Å². The highest BCUT2D eigenvalue weighted by Crippen LogP contribution is 2.27. The predicted octanol–water partition coefficient (Wildman–Crippen LogP) is 3.12. The zero-order valence-corrected chi connectivity index (χ0v) is 13.5. The number of hydrogen-bond acceptors (Lipinski definition) is 2. The minimum atomic E-state index is 0.188. The third kappa shape index (κ3) is 4.51. The lowest BCUT2D eigenvalue weighted by molar-refractivity contribution is -0.121. The second kappa shape index (κ2) is 8.30. The van der Waals surface area contributed by atoms with Crippen molar-refractivity contribution in [2.24, 2.45) is 0 Å². The van der Waals surface area contributed by atoms with Crippen LogP contribution in [0.3, 0.4) is 0 Å². The second-order valence-corrected chi connectivity index (χ2v) is 6.01. The fourth-order valence-electron chi connectivity index (χ4n) is 2.61. The number of nitrogens with zero attached hydrogens (tertiary/aromatic N) is 1. The Kier molecular flexibility index (Phi) is 6.37. The number of benzene rings is 1. The van der Waals surface area contributed by atoms with E-state index in [4.69, 9.17) is 0 Å². The normalized spacial score (nSPS) is 13.3. The summed E-state index contributed by atoms with van der Waals surface area (Å²) in [6, 6.07) is 8.61. The lowest BCUT2D eigenvalue weighted by Gasteiger charge is -2.19. The van der Waals surface area contributed by atoms with Crippen molar-refractivity contribution >= 4 is 27.5 Å². The minimum absolute atomic E-state index is 0.188. The van der Waals surface area contributed by atoms with Crippen molar-refractivity contribution in [1.29, 1.82) is 0 Å². The van der Waals surface area contributed by atoms with E-state index in [0.29, 0.717) is 6.42 Å². The summed E-state index contributed by atoms with van der Waals surface area (Å²) in [5.74, 6) is 0.188. The summed E-state index contributed by atoms with van der Waals surface area (Å²) >= 11 is 3.38.